The number of halogens is 1. The molecule has 3 nitrogen and oxygen atoms in total. The molecule has 0 aliphatic carbocycles. The second kappa shape index (κ2) is 3.67. The molecule has 0 saturated carbocycles. The quantitative estimate of drug-likeness (QED) is 0.756. The van der Waals surface area contributed by atoms with E-state index in [2.05, 4.69) is 5.32 Å². The molecule has 0 fully saturated rings. The summed E-state index contributed by atoms with van der Waals surface area (Å²) in [7, 11) is 0. The molecular weight excluding hydrogens is 226 g/mol. The van der Waals surface area contributed by atoms with Crippen molar-refractivity contribution in [2.24, 2.45) is 5.41 Å². The largest absolute Gasteiger partial charge is 0.490 e. The Labute approximate surface area is 99.7 Å². The Bertz CT molecular complexity index is 455. The van der Waals surface area contributed by atoms with Crippen molar-refractivity contribution in [3.05, 3.63) is 22.7 Å². The summed E-state index contributed by atoms with van der Waals surface area (Å²) in [4.78, 5) is 11.9. The third-order valence-corrected chi connectivity index (χ3v) is 3.12. The van der Waals surface area contributed by atoms with E-state index >= 15 is 0 Å². The molecule has 0 saturated heterocycles. The van der Waals surface area contributed by atoms with Crippen LogP contribution < -0.4 is 10.1 Å². The lowest BCUT2D eigenvalue weighted by Crippen LogP contribution is -2.33. The summed E-state index contributed by atoms with van der Waals surface area (Å²) < 4.78 is 5.60. The van der Waals surface area contributed by atoms with Crippen LogP contribution in [0.5, 0.6) is 5.75 Å². The van der Waals surface area contributed by atoms with Crippen molar-refractivity contribution in [3.8, 4) is 5.75 Å². The standard InChI is InChI=1S/C12H14ClNO2/c1-7-4-9-10(5-8(7)13)16-6-12(2,3)11(15)14-9/h4-5H,6H2,1-3H3,(H,14,15). The Morgan fingerprint density at radius 3 is 2.81 bits per heavy atom. The Kier molecular flexibility index (Phi) is 2.58. The highest BCUT2D eigenvalue weighted by atomic mass is 35.5. The van der Waals surface area contributed by atoms with E-state index in [1.165, 1.54) is 0 Å². The van der Waals surface area contributed by atoms with E-state index in [1.54, 1.807) is 6.07 Å². The Balaban J connectivity index is 2.45. The van der Waals surface area contributed by atoms with E-state index in [1.807, 2.05) is 26.8 Å². The van der Waals surface area contributed by atoms with Crippen molar-refractivity contribution in [2.75, 3.05) is 11.9 Å². The summed E-state index contributed by atoms with van der Waals surface area (Å²) in [5.74, 6) is 0.600. The third-order valence-electron chi connectivity index (χ3n) is 2.71. The number of hydrogen-bond donors (Lipinski definition) is 1. The van der Waals surface area contributed by atoms with Gasteiger partial charge >= 0.3 is 0 Å². The van der Waals surface area contributed by atoms with E-state index in [9.17, 15) is 4.79 Å². The van der Waals surface area contributed by atoms with E-state index < -0.39 is 5.41 Å². The first kappa shape index (κ1) is 11.3. The Morgan fingerprint density at radius 1 is 1.44 bits per heavy atom. The van der Waals surface area contributed by atoms with Gasteiger partial charge in [-0.3, -0.25) is 4.79 Å². The molecule has 0 unspecified atom stereocenters. The molecule has 0 radical (unpaired) electrons. The van der Waals surface area contributed by atoms with Crippen LogP contribution in [0.3, 0.4) is 0 Å². The van der Waals surface area contributed by atoms with Gasteiger partial charge in [0.1, 0.15) is 12.4 Å². The first-order chi connectivity index (χ1) is 7.40. The molecule has 0 spiro atoms. The summed E-state index contributed by atoms with van der Waals surface area (Å²) in [5.41, 5.74) is 1.08. The van der Waals surface area contributed by atoms with Gasteiger partial charge < -0.3 is 10.1 Å². The lowest BCUT2D eigenvalue weighted by molar-refractivity contribution is -0.124. The predicted molar refractivity (Wildman–Crippen MR) is 64.1 cm³/mol. The predicted octanol–water partition coefficient (Wildman–Crippen LogP) is 3.01. The number of hydrogen-bond acceptors (Lipinski definition) is 2. The van der Waals surface area contributed by atoms with Gasteiger partial charge in [-0.25, -0.2) is 0 Å². The number of carbonyl (C=O) groups is 1. The highest BCUT2D eigenvalue weighted by Crippen LogP contribution is 2.35. The van der Waals surface area contributed by atoms with Gasteiger partial charge in [0.25, 0.3) is 0 Å². The van der Waals surface area contributed by atoms with Crippen LogP contribution in [0, 0.1) is 12.3 Å². The lowest BCUT2D eigenvalue weighted by Gasteiger charge is -2.18. The number of anilines is 1. The fourth-order valence-electron chi connectivity index (χ4n) is 1.50. The molecule has 0 atom stereocenters. The van der Waals surface area contributed by atoms with Crippen LogP contribution in [0.4, 0.5) is 5.69 Å². The molecule has 1 N–H and O–H groups in total. The van der Waals surface area contributed by atoms with Gasteiger partial charge in [-0.1, -0.05) is 11.6 Å². The van der Waals surface area contributed by atoms with Gasteiger partial charge in [0.2, 0.25) is 5.91 Å². The fraction of sp³-hybridized carbons (Fsp3) is 0.417. The minimum absolute atomic E-state index is 0.0343. The molecule has 1 aliphatic rings. The zero-order valence-corrected chi connectivity index (χ0v) is 10.3. The number of ether oxygens (including phenoxy) is 1. The zero-order valence-electron chi connectivity index (χ0n) is 9.56. The molecule has 0 bridgehead atoms. The van der Waals surface area contributed by atoms with Gasteiger partial charge in [0, 0.05) is 11.1 Å². The SMILES string of the molecule is Cc1cc2c(cc1Cl)OCC(C)(C)C(=O)N2. The maximum atomic E-state index is 11.9. The minimum Gasteiger partial charge on any atom is -0.490 e. The fourth-order valence-corrected chi connectivity index (χ4v) is 1.65. The van der Waals surface area contributed by atoms with Crippen LogP contribution in [0.1, 0.15) is 19.4 Å². The molecule has 1 aromatic rings. The van der Waals surface area contributed by atoms with Gasteiger partial charge in [-0.05, 0) is 32.4 Å². The summed E-state index contributed by atoms with van der Waals surface area (Å²) in [6, 6.07) is 3.57. The number of fused-ring (bicyclic) bond motifs is 1. The van der Waals surface area contributed by atoms with E-state index in [-0.39, 0.29) is 5.91 Å². The van der Waals surface area contributed by atoms with Crippen LogP contribution in [0.15, 0.2) is 12.1 Å². The molecular formula is C12H14ClNO2. The number of aryl methyl sites for hydroxylation is 1. The van der Waals surface area contributed by atoms with Crippen LogP contribution in [0.25, 0.3) is 0 Å². The van der Waals surface area contributed by atoms with Gasteiger partial charge in [-0.15, -0.1) is 0 Å². The van der Waals surface area contributed by atoms with Crippen LogP contribution >= 0.6 is 11.6 Å². The number of benzene rings is 1. The molecule has 1 amide bonds. The first-order valence-electron chi connectivity index (χ1n) is 5.14. The van der Waals surface area contributed by atoms with Crippen LogP contribution in [-0.4, -0.2) is 12.5 Å². The van der Waals surface area contributed by atoms with Crippen molar-refractivity contribution >= 4 is 23.2 Å². The second-order valence-electron chi connectivity index (χ2n) is 4.72. The Morgan fingerprint density at radius 2 is 2.12 bits per heavy atom. The van der Waals surface area contributed by atoms with E-state index in [4.69, 9.17) is 16.3 Å². The van der Waals surface area contributed by atoms with Crippen molar-refractivity contribution in [3.63, 3.8) is 0 Å². The summed E-state index contributed by atoms with van der Waals surface area (Å²) >= 11 is 6.01. The zero-order chi connectivity index (χ0) is 11.9. The van der Waals surface area contributed by atoms with Crippen molar-refractivity contribution < 1.29 is 9.53 Å². The number of rotatable bonds is 0. The molecule has 1 aromatic carbocycles. The molecule has 0 aromatic heterocycles. The Hall–Kier alpha value is -1.22. The first-order valence-corrected chi connectivity index (χ1v) is 5.52. The molecule has 16 heavy (non-hydrogen) atoms. The number of amides is 1. The molecule has 4 heteroatoms. The smallest absolute Gasteiger partial charge is 0.233 e. The summed E-state index contributed by atoms with van der Waals surface area (Å²) in [5, 5.41) is 3.50. The average molecular weight is 240 g/mol. The summed E-state index contributed by atoms with van der Waals surface area (Å²) in [6.45, 7) is 5.95. The van der Waals surface area contributed by atoms with Crippen molar-refractivity contribution in [2.45, 2.75) is 20.8 Å². The number of carbonyl (C=O) groups excluding carboxylic acids is 1. The maximum absolute atomic E-state index is 11.9. The van der Waals surface area contributed by atoms with Gasteiger partial charge in [0.05, 0.1) is 11.1 Å². The van der Waals surface area contributed by atoms with E-state index in [0.717, 1.165) is 5.56 Å². The maximum Gasteiger partial charge on any atom is 0.233 e. The van der Waals surface area contributed by atoms with Gasteiger partial charge in [-0.2, -0.15) is 0 Å². The molecule has 86 valence electrons. The van der Waals surface area contributed by atoms with Crippen LogP contribution in [-0.2, 0) is 4.79 Å². The van der Waals surface area contributed by atoms with Crippen LogP contribution in [0.2, 0.25) is 5.02 Å². The number of nitrogens with one attached hydrogen (secondary N) is 1. The van der Waals surface area contributed by atoms with Crippen molar-refractivity contribution in [1.82, 2.24) is 0 Å². The van der Waals surface area contributed by atoms with Crippen molar-refractivity contribution in [1.29, 1.82) is 0 Å². The minimum atomic E-state index is -0.528. The highest BCUT2D eigenvalue weighted by molar-refractivity contribution is 6.31. The normalized spacial score (nSPS) is 18.1. The van der Waals surface area contributed by atoms with E-state index in [0.29, 0.717) is 23.1 Å². The molecule has 1 aliphatic heterocycles. The third kappa shape index (κ3) is 1.87. The second-order valence-corrected chi connectivity index (χ2v) is 5.13. The lowest BCUT2D eigenvalue weighted by atomic mass is 9.94. The molecule has 1 heterocycles. The average Bonchev–Trinajstić information content (AvgIpc) is 2.29. The topological polar surface area (TPSA) is 38.3 Å². The van der Waals surface area contributed by atoms with Gasteiger partial charge in [0.15, 0.2) is 0 Å². The highest BCUT2D eigenvalue weighted by Gasteiger charge is 2.32. The monoisotopic (exact) mass is 239 g/mol. The summed E-state index contributed by atoms with van der Waals surface area (Å²) in [6.07, 6.45) is 0. The molecule has 2 rings (SSSR count).